The van der Waals surface area contributed by atoms with Crippen LogP contribution in [0.3, 0.4) is 0 Å². The SMILES string of the molecule is Cn1c(=O)c2c(ncn2CCOC2CCOC2)n(C)c1=O. The molecule has 1 saturated heterocycles. The molecule has 114 valence electrons. The van der Waals surface area contributed by atoms with Gasteiger partial charge in [-0.3, -0.25) is 13.9 Å². The van der Waals surface area contributed by atoms with Crippen LogP contribution in [-0.4, -0.2) is 44.6 Å². The maximum Gasteiger partial charge on any atom is 0.332 e. The molecule has 2 aromatic heterocycles. The van der Waals surface area contributed by atoms with E-state index in [1.54, 1.807) is 17.9 Å². The summed E-state index contributed by atoms with van der Waals surface area (Å²) < 4.78 is 15.1. The average molecular weight is 294 g/mol. The van der Waals surface area contributed by atoms with Crippen molar-refractivity contribution in [2.45, 2.75) is 19.1 Å². The monoisotopic (exact) mass is 294 g/mol. The van der Waals surface area contributed by atoms with Crippen molar-refractivity contribution in [1.29, 1.82) is 0 Å². The summed E-state index contributed by atoms with van der Waals surface area (Å²) >= 11 is 0. The maximum atomic E-state index is 12.2. The second-order valence-corrected chi connectivity index (χ2v) is 5.17. The molecular weight excluding hydrogens is 276 g/mol. The minimum Gasteiger partial charge on any atom is -0.379 e. The van der Waals surface area contributed by atoms with Gasteiger partial charge in [0, 0.05) is 27.2 Å². The van der Waals surface area contributed by atoms with Gasteiger partial charge in [0.2, 0.25) is 0 Å². The van der Waals surface area contributed by atoms with Crippen molar-refractivity contribution in [3.05, 3.63) is 27.2 Å². The molecule has 0 aromatic carbocycles. The van der Waals surface area contributed by atoms with E-state index in [0.29, 0.717) is 30.9 Å². The molecule has 1 unspecified atom stereocenters. The second kappa shape index (κ2) is 5.45. The first-order valence-corrected chi connectivity index (χ1v) is 6.90. The molecule has 2 aromatic rings. The highest BCUT2D eigenvalue weighted by Crippen LogP contribution is 2.09. The maximum absolute atomic E-state index is 12.2. The van der Waals surface area contributed by atoms with E-state index in [1.807, 2.05) is 0 Å². The van der Waals surface area contributed by atoms with Crippen LogP contribution in [0.15, 0.2) is 15.9 Å². The normalized spacial score (nSPS) is 18.7. The van der Waals surface area contributed by atoms with E-state index in [1.165, 1.54) is 11.6 Å². The molecule has 0 N–H and O–H groups in total. The van der Waals surface area contributed by atoms with Crippen molar-refractivity contribution in [2.75, 3.05) is 19.8 Å². The number of hydrogen-bond acceptors (Lipinski definition) is 5. The first-order valence-electron chi connectivity index (χ1n) is 6.90. The molecule has 0 saturated carbocycles. The van der Waals surface area contributed by atoms with Crippen molar-refractivity contribution < 1.29 is 9.47 Å². The van der Waals surface area contributed by atoms with Gasteiger partial charge in [-0.2, -0.15) is 0 Å². The van der Waals surface area contributed by atoms with E-state index in [4.69, 9.17) is 9.47 Å². The Balaban J connectivity index is 1.86. The number of imidazole rings is 1. The molecule has 3 rings (SSSR count). The first-order chi connectivity index (χ1) is 10.1. The Morgan fingerprint density at radius 1 is 1.38 bits per heavy atom. The highest BCUT2D eigenvalue weighted by Gasteiger charge is 2.17. The average Bonchev–Trinajstić information content (AvgIpc) is 3.12. The Labute approximate surface area is 120 Å². The van der Waals surface area contributed by atoms with Gasteiger partial charge in [-0.25, -0.2) is 9.78 Å². The number of ether oxygens (including phenoxy) is 2. The molecule has 1 atom stereocenters. The zero-order chi connectivity index (χ0) is 15.0. The van der Waals surface area contributed by atoms with E-state index in [-0.39, 0.29) is 17.4 Å². The number of hydrogen-bond donors (Lipinski definition) is 0. The van der Waals surface area contributed by atoms with E-state index in [9.17, 15) is 9.59 Å². The lowest BCUT2D eigenvalue weighted by Crippen LogP contribution is -2.37. The Morgan fingerprint density at radius 3 is 2.90 bits per heavy atom. The fourth-order valence-corrected chi connectivity index (χ4v) is 2.53. The molecule has 0 radical (unpaired) electrons. The van der Waals surface area contributed by atoms with Crippen LogP contribution in [-0.2, 0) is 30.1 Å². The molecule has 1 aliphatic rings. The van der Waals surface area contributed by atoms with Crippen LogP contribution in [0.1, 0.15) is 6.42 Å². The van der Waals surface area contributed by atoms with Crippen LogP contribution in [0.2, 0.25) is 0 Å². The predicted molar refractivity (Wildman–Crippen MR) is 75.4 cm³/mol. The summed E-state index contributed by atoms with van der Waals surface area (Å²) in [6.45, 7) is 2.36. The number of aromatic nitrogens is 4. The molecule has 0 bridgehead atoms. The van der Waals surface area contributed by atoms with Crippen molar-refractivity contribution in [1.82, 2.24) is 18.7 Å². The summed E-state index contributed by atoms with van der Waals surface area (Å²) in [6, 6.07) is 0. The zero-order valence-electron chi connectivity index (χ0n) is 12.1. The predicted octanol–water partition coefficient (Wildman–Crippen LogP) is -0.761. The van der Waals surface area contributed by atoms with Gasteiger partial charge < -0.3 is 14.0 Å². The molecule has 3 heterocycles. The highest BCUT2D eigenvalue weighted by molar-refractivity contribution is 5.69. The third-order valence-corrected chi connectivity index (χ3v) is 3.79. The summed E-state index contributed by atoms with van der Waals surface area (Å²) in [5.74, 6) is 0. The van der Waals surface area contributed by atoms with E-state index >= 15 is 0 Å². The number of rotatable bonds is 4. The minimum absolute atomic E-state index is 0.131. The van der Waals surface area contributed by atoms with Crippen LogP contribution in [0.25, 0.3) is 11.2 Å². The second-order valence-electron chi connectivity index (χ2n) is 5.17. The molecule has 21 heavy (non-hydrogen) atoms. The lowest BCUT2D eigenvalue weighted by atomic mass is 10.3. The number of nitrogens with zero attached hydrogens (tertiary/aromatic N) is 4. The van der Waals surface area contributed by atoms with Gasteiger partial charge in [-0.15, -0.1) is 0 Å². The third kappa shape index (κ3) is 2.40. The molecule has 8 nitrogen and oxygen atoms in total. The van der Waals surface area contributed by atoms with Crippen molar-refractivity contribution in [2.24, 2.45) is 14.1 Å². The van der Waals surface area contributed by atoms with Gasteiger partial charge in [-0.05, 0) is 6.42 Å². The van der Waals surface area contributed by atoms with Crippen molar-refractivity contribution in [3.63, 3.8) is 0 Å². The van der Waals surface area contributed by atoms with Crippen molar-refractivity contribution >= 4 is 11.2 Å². The minimum atomic E-state index is -0.378. The van der Waals surface area contributed by atoms with Gasteiger partial charge in [0.1, 0.15) is 0 Å². The summed E-state index contributed by atoms with van der Waals surface area (Å²) in [6.07, 6.45) is 2.60. The van der Waals surface area contributed by atoms with Gasteiger partial charge >= 0.3 is 5.69 Å². The van der Waals surface area contributed by atoms with E-state index in [2.05, 4.69) is 4.98 Å². The Hall–Kier alpha value is -1.93. The molecule has 1 aliphatic heterocycles. The Kier molecular flexibility index (Phi) is 3.64. The molecule has 8 heteroatoms. The molecular formula is C13H18N4O4. The standard InChI is InChI=1S/C13H18N4O4/c1-15-11-10(12(18)16(2)13(15)19)17(8-14-11)4-6-21-9-3-5-20-7-9/h8-9H,3-7H2,1-2H3. The summed E-state index contributed by atoms with van der Waals surface area (Å²) in [4.78, 5) is 28.2. The fourth-order valence-electron chi connectivity index (χ4n) is 2.53. The van der Waals surface area contributed by atoms with Gasteiger partial charge in [-0.1, -0.05) is 0 Å². The summed E-state index contributed by atoms with van der Waals surface area (Å²) in [5, 5.41) is 0. The molecule has 0 aliphatic carbocycles. The fraction of sp³-hybridized carbons (Fsp3) is 0.615. The lowest BCUT2D eigenvalue weighted by molar-refractivity contribution is 0.0387. The van der Waals surface area contributed by atoms with Gasteiger partial charge in [0.25, 0.3) is 5.56 Å². The Bertz CT molecular complexity index is 767. The van der Waals surface area contributed by atoms with E-state index < -0.39 is 0 Å². The van der Waals surface area contributed by atoms with Crippen LogP contribution in [0, 0.1) is 0 Å². The molecule has 0 spiro atoms. The van der Waals surface area contributed by atoms with E-state index in [0.717, 1.165) is 17.6 Å². The molecule has 1 fully saturated rings. The lowest BCUT2D eigenvalue weighted by Gasteiger charge is -2.10. The smallest absolute Gasteiger partial charge is 0.332 e. The summed E-state index contributed by atoms with van der Waals surface area (Å²) in [5.41, 5.74) is 0.102. The third-order valence-electron chi connectivity index (χ3n) is 3.79. The zero-order valence-corrected chi connectivity index (χ0v) is 12.1. The van der Waals surface area contributed by atoms with Crippen LogP contribution in [0.5, 0.6) is 0 Å². The Morgan fingerprint density at radius 2 is 2.19 bits per heavy atom. The van der Waals surface area contributed by atoms with Gasteiger partial charge in [0.05, 0.1) is 25.6 Å². The highest BCUT2D eigenvalue weighted by atomic mass is 16.5. The number of aryl methyl sites for hydroxylation is 1. The number of fused-ring (bicyclic) bond motifs is 1. The van der Waals surface area contributed by atoms with Crippen molar-refractivity contribution in [3.8, 4) is 0 Å². The largest absolute Gasteiger partial charge is 0.379 e. The summed E-state index contributed by atoms with van der Waals surface area (Å²) in [7, 11) is 3.07. The quantitative estimate of drug-likeness (QED) is 0.740. The van der Waals surface area contributed by atoms with Crippen LogP contribution < -0.4 is 11.2 Å². The first kappa shape index (κ1) is 14.0. The molecule has 0 amide bonds. The van der Waals surface area contributed by atoms with Crippen LogP contribution in [0.4, 0.5) is 0 Å². The van der Waals surface area contributed by atoms with Gasteiger partial charge in [0.15, 0.2) is 11.2 Å². The topological polar surface area (TPSA) is 80.3 Å². The van der Waals surface area contributed by atoms with Crippen LogP contribution >= 0.6 is 0 Å².